The van der Waals surface area contributed by atoms with Gasteiger partial charge in [-0.2, -0.15) is 4.98 Å². The molecule has 0 atom stereocenters. The minimum atomic E-state index is 0.562. The van der Waals surface area contributed by atoms with Gasteiger partial charge in [-0.25, -0.2) is 4.98 Å². The number of halogens is 1. The number of benzene rings is 1. The molecule has 5 heteroatoms. The lowest BCUT2D eigenvalue weighted by atomic mass is 10.2. The number of aromatic nitrogens is 2. The maximum atomic E-state index is 5.85. The highest BCUT2D eigenvalue weighted by atomic mass is 35.5. The van der Waals surface area contributed by atoms with E-state index in [0.717, 1.165) is 17.4 Å². The van der Waals surface area contributed by atoms with E-state index in [9.17, 15) is 0 Å². The lowest BCUT2D eigenvalue weighted by Crippen LogP contribution is -2.07. The van der Waals surface area contributed by atoms with Crippen molar-refractivity contribution < 1.29 is 0 Å². The van der Waals surface area contributed by atoms with Crippen LogP contribution < -0.4 is 10.6 Å². The van der Waals surface area contributed by atoms with Gasteiger partial charge >= 0.3 is 0 Å². The molecule has 0 spiro atoms. The van der Waals surface area contributed by atoms with E-state index >= 15 is 0 Å². The van der Waals surface area contributed by atoms with Crippen molar-refractivity contribution in [3.05, 3.63) is 47.1 Å². The van der Waals surface area contributed by atoms with Gasteiger partial charge in [-0.15, -0.1) is 0 Å². The molecule has 1 heterocycles. The Bertz CT molecular complexity index is 552. The topological polar surface area (TPSA) is 49.8 Å². The molecule has 98 valence electrons. The summed E-state index contributed by atoms with van der Waals surface area (Å²) in [6.07, 6.45) is 4.19. The van der Waals surface area contributed by atoms with E-state index in [4.69, 9.17) is 11.6 Å². The number of rotatable bonds is 5. The van der Waals surface area contributed by atoms with Crippen LogP contribution in [-0.4, -0.2) is 16.0 Å². The first kappa shape index (κ1) is 12.2. The molecule has 0 aliphatic heterocycles. The molecule has 1 aliphatic carbocycles. The van der Waals surface area contributed by atoms with Crippen molar-refractivity contribution in [1.82, 2.24) is 9.97 Å². The van der Waals surface area contributed by atoms with Crippen LogP contribution in [0.15, 0.2) is 36.5 Å². The van der Waals surface area contributed by atoms with Crippen molar-refractivity contribution >= 4 is 23.4 Å². The fourth-order valence-corrected chi connectivity index (χ4v) is 1.86. The first-order chi connectivity index (χ1) is 9.29. The minimum Gasteiger partial charge on any atom is -0.366 e. The van der Waals surface area contributed by atoms with E-state index in [0.29, 0.717) is 12.0 Å². The predicted molar refractivity (Wildman–Crippen MR) is 77.5 cm³/mol. The van der Waals surface area contributed by atoms with Gasteiger partial charge in [0.05, 0.1) is 0 Å². The van der Waals surface area contributed by atoms with Crippen molar-refractivity contribution in [3.8, 4) is 0 Å². The normalized spacial score (nSPS) is 14.2. The van der Waals surface area contributed by atoms with Crippen LogP contribution in [0.3, 0.4) is 0 Å². The Morgan fingerprint density at radius 3 is 2.68 bits per heavy atom. The SMILES string of the molecule is Clc1ccc(CNc2ccnc(NC3CC3)n2)cc1. The number of nitrogens with zero attached hydrogens (tertiary/aromatic N) is 2. The van der Waals surface area contributed by atoms with Crippen LogP contribution in [0.4, 0.5) is 11.8 Å². The van der Waals surface area contributed by atoms with E-state index in [1.54, 1.807) is 6.20 Å². The lowest BCUT2D eigenvalue weighted by molar-refractivity contribution is 1.03. The van der Waals surface area contributed by atoms with Gasteiger partial charge < -0.3 is 10.6 Å². The summed E-state index contributed by atoms with van der Waals surface area (Å²) in [5, 5.41) is 7.31. The second-order valence-corrected chi connectivity index (χ2v) is 5.10. The first-order valence-electron chi connectivity index (χ1n) is 6.37. The Morgan fingerprint density at radius 1 is 1.16 bits per heavy atom. The molecule has 0 unspecified atom stereocenters. The summed E-state index contributed by atoms with van der Waals surface area (Å²) in [5.41, 5.74) is 1.17. The molecule has 1 aromatic carbocycles. The van der Waals surface area contributed by atoms with Crippen molar-refractivity contribution in [2.45, 2.75) is 25.4 Å². The Hall–Kier alpha value is -1.81. The molecule has 0 saturated heterocycles. The Balaban J connectivity index is 1.60. The average Bonchev–Trinajstić information content (AvgIpc) is 3.23. The largest absolute Gasteiger partial charge is 0.366 e. The summed E-state index contributed by atoms with van der Waals surface area (Å²) in [6, 6.07) is 10.2. The van der Waals surface area contributed by atoms with E-state index in [1.807, 2.05) is 30.3 Å². The smallest absolute Gasteiger partial charge is 0.224 e. The second kappa shape index (κ2) is 5.45. The van der Waals surface area contributed by atoms with E-state index in [1.165, 1.54) is 18.4 Å². The zero-order chi connectivity index (χ0) is 13.1. The summed E-state index contributed by atoms with van der Waals surface area (Å²) in [5.74, 6) is 1.52. The molecule has 1 saturated carbocycles. The van der Waals surface area contributed by atoms with Gasteiger partial charge in [-0.3, -0.25) is 0 Å². The molecule has 4 nitrogen and oxygen atoms in total. The molecule has 1 fully saturated rings. The summed E-state index contributed by atoms with van der Waals surface area (Å²) in [7, 11) is 0. The Morgan fingerprint density at radius 2 is 1.95 bits per heavy atom. The van der Waals surface area contributed by atoms with Gasteiger partial charge in [0.25, 0.3) is 0 Å². The zero-order valence-electron chi connectivity index (χ0n) is 10.4. The Labute approximate surface area is 117 Å². The van der Waals surface area contributed by atoms with Crippen LogP contribution in [0.1, 0.15) is 18.4 Å². The summed E-state index contributed by atoms with van der Waals surface area (Å²) in [4.78, 5) is 8.63. The van der Waals surface area contributed by atoms with Gasteiger partial charge in [-0.05, 0) is 36.6 Å². The van der Waals surface area contributed by atoms with Crippen molar-refractivity contribution in [2.75, 3.05) is 10.6 Å². The molecule has 1 aliphatic rings. The third-order valence-corrected chi connectivity index (χ3v) is 3.21. The van der Waals surface area contributed by atoms with Crippen molar-refractivity contribution in [2.24, 2.45) is 0 Å². The fourth-order valence-electron chi connectivity index (χ4n) is 1.73. The van der Waals surface area contributed by atoms with E-state index < -0.39 is 0 Å². The molecular formula is C14H15ClN4. The fraction of sp³-hybridized carbons (Fsp3) is 0.286. The maximum absolute atomic E-state index is 5.85. The molecule has 0 bridgehead atoms. The molecule has 0 amide bonds. The third kappa shape index (κ3) is 3.58. The summed E-state index contributed by atoms with van der Waals surface area (Å²) in [6.45, 7) is 0.719. The highest BCUT2D eigenvalue weighted by Gasteiger charge is 2.21. The van der Waals surface area contributed by atoms with Gasteiger partial charge in [0, 0.05) is 23.8 Å². The van der Waals surface area contributed by atoms with Crippen molar-refractivity contribution in [3.63, 3.8) is 0 Å². The van der Waals surface area contributed by atoms with Gasteiger partial charge in [0.15, 0.2) is 0 Å². The number of hydrogen-bond acceptors (Lipinski definition) is 4. The highest BCUT2D eigenvalue weighted by molar-refractivity contribution is 6.30. The zero-order valence-corrected chi connectivity index (χ0v) is 11.2. The van der Waals surface area contributed by atoms with Crippen LogP contribution in [0.25, 0.3) is 0 Å². The van der Waals surface area contributed by atoms with Gasteiger partial charge in [-0.1, -0.05) is 23.7 Å². The lowest BCUT2D eigenvalue weighted by Gasteiger charge is -2.08. The minimum absolute atomic E-state index is 0.562. The van der Waals surface area contributed by atoms with Crippen LogP contribution >= 0.6 is 11.6 Å². The Kier molecular flexibility index (Phi) is 3.51. The van der Waals surface area contributed by atoms with Crippen LogP contribution in [0.2, 0.25) is 5.02 Å². The standard InChI is InChI=1S/C14H15ClN4/c15-11-3-1-10(2-4-11)9-17-13-7-8-16-14(19-13)18-12-5-6-12/h1-4,7-8,12H,5-6,9H2,(H2,16,17,18,19). The second-order valence-electron chi connectivity index (χ2n) is 4.66. The molecule has 3 rings (SSSR count). The molecular weight excluding hydrogens is 260 g/mol. The predicted octanol–water partition coefficient (Wildman–Crippen LogP) is 3.32. The van der Waals surface area contributed by atoms with Gasteiger partial charge in [0.2, 0.25) is 5.95 Å². The molecule has 2 aromatic rings. The molecule has 19 heavy (non-hydrogen) atoms. The van der Waals surface area contributed by atoms with Gasteiger partial charge in [0.1, 0.15) is 5.82 Å². The number of nitrogens with one attached hydrogen (secondary N) is 2. The number of hydrogen-bond donors (Lipinski definition) is 2. The maximum Gasteiger partial charge on any atom is 0.224 e. The summed E-state index contributed by atoms with van der Waals surface area (Å²) < 4.78 is 0. The van der Waals surface area contributed by atoms with Crippen LogP contribution in [0, 0.1) is 0 Å². The van der Waals surface area contributed by atoms with E-state index in [-0.39, 0.29) is 0 Å². The quantitative estimate of drug-likeness (QED) is 0.878. The monoisotopic (exact) mass is 274 g/mol. The van der Waals surface area contributed by atoms with Crippen molar-refractivity contribution in [1.29, 1.82) is 0 Å². The van der Waals surface area contributed by atoms with E-state index in [2.05, 4.69) is 20.6 Å². The molecule has 2 N–H and O–H groups in total. The van der Waals surface area contributed by atoms with Crippen LogP contribution in [-0.2, 0) is 6.54 Å². The average molecular weight is 275 g/mol. The third-order valence-electron chi connectivity index (χ3n) is 2.95. The molecule has 0 radical (unpaired) electrons. The van der Waals surface area contributed by atoms with Crippen LogP contribution in [0.5, 0.6) is 0 Å². The molecule has 1 aromatic heterocycles. The number of anilines is 2. The summed E-state index contributed by atoms with van der Waals surface area (Å²) >= 11 is 5.85. The first-order valence-corrected chi connectivity index (χ1v) is 6.75. The highest BCUT2D eigenvalue weighted by Crippen LogP contribution is 2.23.